The summed E-state index contributed by atoms with van der Waals surface area (Å²) >= 11 is 11.9. The van der Waals surface area contributed by atoms with Gasteiger partial charge in [0.15, 0.2) is 16.1 Å². The molecule has 1 amide bonds. The summed E-state index contributed by atoms with van der Waals surface area (Å²) in [5.41, 5.74) is -0.538. The molecule has 118 valence electrons. The van der Waals surface area contributed by atoms with Crippen LogP contribution in [0.5, 0.6) is 5.75 Å². The van der Waals surface area contributed by atoms with Gasteiger partial charge in [0, 0.05) is 7.05 Å². The summed E-state index contributed by atoms with van der Waals surface area (Å²) in [5.74, 6) is 0.671. The molecular weight excluding hydrogens is 317 g/mol. The lowest BCUT2D eigenvalue weighted by Gasteiger charge is -2.24. The van der Waals surface area contributed by atoms with Crippen LogP contribution in [-0.2, 0) is 4.74 Å². The lowest BCUT2D eigenvalue weighted by atomic mass is 10.2. The van der Waals surface area contributed by atoms with Crippen molar-refractivity contribution in [2.24, 2.45) is 0 Å². The third-order valence-electron chi connectivity index (χ3n) is 2.27. The van der Waals surface area contributed by atoms with E-state index in [4.69, 9.17) is 32.7 Å². The molecule has 1 aromatic rings. The second kappa shape index (κ2) is 7.13. The molecule has 1 rings (SSSR count). The molecule has 21 heavy (non-hydrogen) atoms. The first-order valence-electron chi connectivity index (χ1n) is 6.36. The van der Waals surface area contributed by atoms with Gasteiger partial charge < -0.3 is 14.4 Å². The highest BCUT2D eigenvalue weighted by Gasteiger charge is 2.19. The Morgan fingerprint density at radius 1 is 1.24 bits per heavy atom. The van der Waals surface area contributed by atoms with Crippen LogP contribution in [0, 0.1) is 6.92 Å². The first kappa shape index (κ1) is 17.8. The zero-order valence-electron chi connectivity index (χ0n) is 12.7. The number of likely N-dealkylation sites (N-methyl/N-ethyl adjacent to an activating group) is 1. The van der Waals surface area contributed by atoms with Gasteiger partial charge >= 0.3 is 6.09 Å². The van der Waals surface area contributed by atoms with Crippen LogP contribution in [0.2, 0.25) is 10.3 Å². The molecule has 0 fully saturated rings. The molecule has 0 aliphatic heterocycles. The summed E-state index contributed by atoms with van der Waals surface area (Å²) in [6.45, 7) is 7.60. The zero-order valence-corrected chi connectivity index (χ0v) is 14.2. The molecule has 6 nitrogen and oxygen atoms in total. The average Bonchev–Trinajstić information content (AvgIpc) is 2.29. The zero-order chi connectivity index (χ0) is 16.2. The lowest BCUT2D eigenvalue weighted by molar-refractivity contribution is 0.0278. The predicted molar refractivity (Wildman–Crippen MR) is 81.1 cm³/mol. The van der Waals surface area contributed by atoms with Gasteiger partial charge in [0.05, 0.1) is 6.54 Å². The van der Waals surface area contributed by atoms with Crippen LogP contribution >= 0.6 is 23.2 Å². The second-order valence-electron chi connectivity index (χ2n) is 5.43. The van der Waals surface area contributed by atoms with E-state index in [0.717, 1.165) is 0 Å². The third-order valence-corrected chi connectivity index (χ3v) is 2.79. The van der Waals surface area contributed by atoms with E-state index in [9.17, 15) is 4.79 Å². The Morgan fingerprint density at radius 3 is 2.24 bits per heavy atom. The summed E-state index contributed by atoms with van der Waals surface area (Å²) < 4.78 is 10.7. The molecule has 0 aromatic carbocycles. The average molecular weight is 336 g/mol. The fourth-order valence-corrected chi connectivity index (χ4v) is 1.91. The highest BCUT2D eigenvalue weighted by atomic mass is 35.5. The lowest BCUT2D eigenvalue weighted by Crippen LogP contribution is -2.36. The molecule has 8 heteroatoms. The number of hydrogen-bond donors (Lipinski definition) is 0. The van der Waals surface area contributed by atoms with E-state index in [2.05, 4.69) is 9.97 Å². The monoisotopic (exact) mass is 335 g/mol. The number of amides is 1. The van der Waals surface area contributed by atoms with Crippen LogP contribution in [0.15, 0.2) is 0 Å². The fraction of sp³-hybridized carbons (Fsp3) is 0.615. The number of ether oxygens (including phenoxy) is 2. The summed E-state index contributed by atoms with van der Waals surface area (Å²) in [6, 6.07) is 0. The minimum atomic E-state index is -0.538. The van der Waals surface area contributed by atoms with E-state index < -0.39 is 11.7 Å². The van der Waals surface area contributed by atoms with E-state index in [1.54, 1.807) is 34.7 Å². The van der Waals surface area contributed by atoms with Crippen molar-refractivity contribution in [2.75, 3.05) is 20.2 Å². The molecule has 0 atom stereocenters. The number of hydrogen-bond acceptors (Lipinski definition) is 5. The number of aryl methyl sites for hydroxylation is 1. The Balaban J connectivity index is 2.52. The van der Waals surface area contributed by atoms with Gasteiger partial charge in [0.25, 0.3) is 0 Å². The Bertz CT molecular complexity index is 495. The van der Waals surface area contributed by atoms with Crippen LogP contribution < -0.4 is 4.74 Å². The van der Waals surface area contributed by atoms with Gasteiger partial charge in [-0.3, -0.25) is 0 Å². The Kier molecular flexibility index (Phi) is 6.04. The van der Waals surface area contributed by atoms with Gasteiger partial charge in [-0.05, 0) is 27.7 Å². The largest absolute Gasteiger partial charge is 0.485 e. The third kappa shape index (κ3) is 5.93. The number of carbonyl (C=O) groups excluding carboxylic acids is 1. The van der Waals surface area contributed by atoms with Gasteiger partial charge in [0.1, 0.15) is 18.0 Å². The first-order valence-corrected chi connectivity index (χ1v) is 7.12. The van der Waals surface area contributed by atoms with Crippen molar-refractivity contribution in [2.45, 2.75) is 33.3 Å². The molecule has 0 unspecified atom stereocenters. The second-order valence-corrected chi connectivity index (χ2v) is 6.15. The predicted octanol–water partition coefficient (Wildman–Crippen LogP) is 3.34. The van der Waals surface area contributed by atoms with Crippen LogP contribution in [-0.4, -0.2) is 46.8 Å². The minimum Gasteiger partial charge on any atom is -0.485 e. The van der Waals surface area contributed by atoms with Crippen molar-refractivity contribution in [3.05, 3.63) is 16.1 Å². The van der Waals surface area contributed by atoms with Crippen LogP contribution in [0.25, 0.3) is 0 Å². The van der Waals surface area contributed by atoms with Crippen LogP contribution in [0.3, 0.4) is 0 Å². The number of carbonyl (C=O) groups is 1. The van der Waals surface area contributed by atoms with Crippen molar-refractivity contribution >= 4 is 29.3 Å². The quantitative estimate of drug-likeness (QED) is 0.789. The van der Waals surface area contributed by atoms with Gasteiger partial charge in [-0.15, -0.1) is 0 Å². The van der Waals surface area contributed by atoms with E-state index in [-0.39, 0.29) is 22.7 Å². The van der Waals surface area contributed by atoms with E-state index in [0.29, 0.717) is 12.4 Å². The Hall–Kier alpha value is -1.27. The Morgan fingerprint density at radius 2 is 1.76 bits per heavy atom. The van der Waals surface area contributed by atoms with Crippen LogP contribution in [0.1, 0.15) is 26.6 Å². The Labute approximate surface area is 134 Å². The molecule has 1 heterocycles. The SMILES string of the molecule is Cc1nc(Cl)c(OCCN(C)C(=O)OC(C)(C)C)c(Cl)n1. The molecule has 0 saturated carbocycles. The van der Waals surface area contributed by atoms with Gasteiger partial charge in [-0.2, -0.15) is 0 Å². The van der Waals surface area contributed by atoms with Gasteiger partial charge in [-0.1, -0.05) is 23.2 Å². The summed E-state index contributed by atoms with van der Waals surface area (Å²) in [5, 5.41) is 0.292. The molecule has 0 spiro atoms. The van der Waals surface area contributed by atoms with E-state index >= 15 is 0 Å². The summed E-state index contributed by atoms with van der Waals surface area (Å²) in [7, 11) is 1.62. The smallest absolute Gasteiger partial charge is 0.410 e. The van der Waals surface area contributed by atoms with Crippen LogP contribution in [0.4, 0.5) is 4.79 Å². The number of aromatic nitrogens is 2. The fourth-order valence-electron chi connectivity index (χ4n) is 1.33. The van der Waals surface area contributed by atoms with Crippen molar-refractivity contribution in [1.82, 2.24) is 14.9 Å². The summed E-state index contributed by atoms with van der Waals surface area (Å²) in [6.07, 6.45) is -0.427. The standard InChI is InChI=1S/C13H19Cl2N3O3/c1-8-16-10(14)9(11(15)17-8)20-7-6-18(5)12(19)21-13(2,3)4/h6-7H2,1-5H3. The number of nitrogens with zero attached hydrogens (tertiary/aromatic N) is 3. The van der Waals surface area contributed by atoms with Gasteiger partial charge in [-0.25, -0.2) is 14.8 Å². The van der Waals surface area contributed by atoms with Gasteiger partial charge in [0.2, 0.25) is 0 Å². The molecule has 0 N–H and O–H groups in total. The summed E-state index contributed by atoms with van der Waals surface area (Å²) in [4.78, 5) is 21.1. The van der Waals surface area contributed by atoms with E-state index in [1.807, 2.05) is 0 Å². The maximum atomic E-state index is 11.8. The number of rotatable bonds is 4. The highest BCUT2D eigenvalue weighted by molar-refractivity contribution is 6.35. The topological polar surface area (TPSA) is 64.5 Å². The van der Waals surface area contributed by atoms with Crippen molar-refractivity contribution in [1.29, 1.82) is 0 Å². The molecule has 0 aliphatic carbocycles. The van der Waals surface area contributed by atoms with Crippen molar-refractivity contribution in [3.63, 3.8) is 0 Å². The van der Waals surface area contributed by atoms with E-state index in [1.165, 1.54) is 4.90 Å². The first-order chi connectivity index (χ1) is 9.60. The normalized spacial score (nSPS) is 11.2. The van der Waals surface area contributed by atoms with Crippen molar-refractivity contribution in [3.8, 4) is 5.75 Å². The highest BCUT2D eigenvalue weighted by Crippen LogP contribution is 2.29. The molecule has 1 aromatic heterocycles. The van der Waals surface area contributed by atoms with Crippen molar-refractivity contribution < 1.29 is 14.3 Å². The maximum Gasteiger partial charge on any atom is 0.410 e. The molecule has 0 saturated heterocycles. The molecule has 0 bridgehead atoms. The minimum absolute atomic E-state index is 0.146. The maximum absolute atomic E-state index is 11.8. The molecule has 0 radical (unpaired) electrons. The molecular formula is C13H19Cl2N3O3. The molecule has 0 aliphatic rings. The number of halogens is 2.